The van der Waals surface area contributed by atoms with Crippen LogP contribution in [0.5, 0.6) is 0 Å². The minimum absolute atomic E-state index is 0.112. The van der Waals surface area contributed by atoms with Crippen molar-refractivity contribution >= 4 is 21.8 Å². The topological polar surface area (TPSA) is 29.5 Å². The third-order valence-electron chi connectivity index (χ3n) is 2.96. The zero-order chi connectivity index (χ0) is 13.1. The first-order chi connectivity index (χ1) is 8.65. The first-order valence-corrected chi connectivity index (χ1v) is 6.68. The number of benzene rings is 1. The van der Waals surface area contributed by atoms with Crippen LogP contribution in [0.25, 0.3) is 0 Å². The van der Waals surface area contributed by atoms with Gasteiger partial charge in [0.1, 0.15) is 5.82 Å². The molecule has 0 radical (unpaired) electrons. The molecular weight excluding hydrogens is 301 g/mol. The number of nitrogens with zero attached hydrogens (tertiary/aromatic N) is 1. The standard InChI is InChI=1S/C13H15BrFNO2/c1-18-8-7-16(9-5-6-9)13(17)12-10(14)3-2-4-11(12)15/h2-4,9H,5-8H2,1H3. The van der Waals surface area contributed by atoms with Gasteiger partial charge in [0.25, 0.3) is 5.91 Å². The van der Waals surface area contributed by atoms with E-state index in [-0.39, 0.29) is 17.5 Å². The molecule has 1 aliphatic carbocycles. The molecule has 0 N–H and O–H groups in total. The van der Waals surface area contributed by atoms with Crippen molar-refractivity contribution in [2.45, 2.75) is 18.9 Å². The second kappa shape index (κ2) is 5.80. The predicted octanol–water partition coefficient (Wildman–Crippen LogP) is 2.84. The van der Waals surface area contributed by atoms with Crippen molar-refractivity contribution in [1.82, 2.24) is 4.90 Å². The molecule has 0 bridgehead atoms. The SMILES string of the molecule is COCCN(C(=O)c1c(F)cccc1Br)C1CC1. The number of hydrogen-bond acceptors (Lipinski definition) is 2. The van der Waals surface area contributed by atoms with E-state index in [0.29, 0.717) is 17.6 Å². The first kappa shape index (κ1) is 13.5. The summed E-state index contributed by atoms with van der Waals surface area (Å²) in [7, 11) is 1.59. The monoisotopic (exact) mass is 315 g/mol. The Labute approximate surface area is 114 Å². The molecule has 0 aromatic heterocycles. The zero-order valence-corrected chi connectivity index (χ0v) is 11.7. The van der Waals surface area contributed by atoms with Crippen LogP contribution in [-0.4, -0.2) is 37.1 Å². The van der Waals surface area contributed by atoms with Crippen molar-refractivity contribution in [2.24, 2.45) is 0 Å². The number of halogens is 2. The van der Waals surface area contributed by atoms with E-state index in [2.05, 4.69) is 15.9 Å². The van der Waals surface area contributed by atoms with Crippen molar-refractivity contribution in [3.05, 3.63) is 34.1 Å². The number of ether oxygens (including phenoxy) is 1. The lowest BCUT2D eigenvalue weighted by molar-refractivity contribution is 0.0674. The van der Waals surface area contributed by atoms with Gasteiger partial charge in [-0.15, -0.1) is 0 Å². The van der Waals surface area contributed by atoms with Crippen LogP contribution in [0.1, 0.15) is 23.2 Å². The Bertz CT molecular complexity index is 428. The molecule has 1 aliphatic rings. The van der Waals surface area contributed by atoms with Gasteiger partial charge in [-0.1, -0.05) is 6.07 Å². The highest BCUT2D eigenvalue weighted by Crippen LogP contribution is 2.30. The third kappa shape index (κ3) is 2.90. The average molecular weight is 316 g/mol. The van der Waals surface area contributed by atoms with Crippen molar-refractivity contribution in [3.8, 4) is 0 Å². The molecule has 5 heteroatoms. The predicted molar refractivity (Wildman–Crippen MR) is 70.0 cm³/mol. The third-order valence-corrected chi connectivity index (χ3v) is 3.62. The summed E-state index contributed by atoms with van der Waals surface area (Å²) in [5.74, 6) is -0.753. The van der Waals surface area contributed by atoms with E-state index in [1.54, 1.807) is 24.1 Å². The van der Waals surface area contributed by atoms with E-state index in [1.165, 1.54) is 6.07 Å². The minimum Gasteiger partial charge on any atom is -0.383 e. The first-order valence-electron chi connectivity index (χ1n) is 5.89. The molecule has 18 heavy (non-hydrogen) atoms. The van der Waals surface area contributed by atoms with Gasteiger partial charge in [0, 0.05) is 24.2 Å². The van der Waals surface area contributed by atoms with Crippen LogP contribution in [0, 0.1) is 5.82 Å². The van der Waals surface area contributed by atoms with E-state index in [4.69, 9.17) is 4.74 Å². The van der Waals surface area contributed by atoms with Crippen LogP contribution >= 0.6 is 15.9 Å². The van der Waals surface area contributed by atoms with Gasteiger partial charge in [0.2, 0.25) is 0 Å². The highest BCUT2D eigenvalue weighted by atomic mass is 79.9. The van der Waals surface area contributed by atoms with Gasteiger partial charge in [-0.05, 0) is 40.9 Å². The van der Waals surface area contributed by atoms with Gasteiger partial charge >= 0.3 is 0 Å². The smallest absolute Gasteiger partial charge is 0.258 e. The molecule has 1 amide bonds. The lowest BCUT2D eigenvalue weighted by Gasteiger charge is -2.22. The van der Waals surface area contributed by atoms with E-state index in [9.17, 15) is 9.18 Å². The van der Waals surface area contributed by atoms with E-state index < -0.39 is 5.82 Å². The summed E-state index contributed by atoms with van der Waals surface area (Å²) >= 11 is 3.23. The molecule has 0 aliphatic heterocycles. The largest absolute Gasteiger partial charge is 0.383 e. The Morgan fingerprint density at radius 2 is 2.28 bits per heavy atom. The molecule has 1 saturated carbocycles. The number of methoxy groups -OCH3 is 1. The molecule has 1 aromatic rings. The summed E-state index contributed by atoms with van der Waals surface area (Å²) in [6.07, 6.45) is 1.98. The van der Waals surface area contributed by atoms with E-state index >= 15 is 0 Å². The quantitative estimate of drug-likeness (QED) is 0.836. The Morgan fingerprint density at radius 1 is 1.56 bits per heavy atom. The maximum Gasteiger partial charge on any atom is 0.258 e. The Balaban J connectivity index is 2.22. The summed E-state index contributed by atoms with van der Waals surface area (Å²) < 4.78 is 19.3. The fourth-order valence-electron chi connectivity index (χ4n) is 1.87. The molecule has 1 fully saturated rings. The van der Waals surface area contributed by atoms with Crippen LogP contribution in [-0.2, 0) is 4.74 Å². The van der Waals surface area contributed by atoms with E-state index in [0.717, 1.165) is 12.8 Å². The van der Waals surface area contributed by atoms with Crippen molar-refractivity contribution in [3.63, 3.8) is 0 Å². The number of carbonyl (C=O) groups excluding carboxylic acids is 1. The molecule has 0 saturated heterocycles. The number of carbonyl (C=O) groups is 1. The summed E-state index contributed by atoms with van der Waals surface area (Å²) in [4.78, 5) is 14.1. The van der Waals surface area contributed by atoms with Crippen LogP contribution in [0.15, 0.2) is 22.7 Å². The lowest BCUT2D eigenvalue weighted by atomic mass is 10.2. The molecule has 0 unspecified atom stereocenters. The second-order valence-corrected chi connectivity index (χ2v) is 5.17. The highest BCUT2D eigenvalue weighted by Gasteiger charge is 2.34. The second-order valence-electron chi connectivity index (χ2n) is 4.32. The van der Waals surface area contributed by atoms with Gasteiger partial charge in [-0.2, -0.15) is 0 Å². The highest BCUT2D eigenvalue weighted by molar-refractivity contribution is 9.10. The van der Waals surface area contributed by atoms with Crippen LogP contribution in [0.4, 0.5) is 4.39 Å². The fraction of sp³-hybridized carbons (Fsp3) is 0.462. The summed E-state index contributed by atoms with van der Waals surface area (Å²) in [5.41, 5.74) is 0.112. The summed E-state index contributed by atoms with van der Waals surface area (Å²) in [6.45, 7) is 0.967. The summed E-state index contributed by atoms with van der Waals surface area (Å²) in [5, 5.41) is 0. The minimum atomic E-state index is -0.488. The molecule has 0 spiro atoms. The molecule has 3 nitrogen and oxygen atoms in total. The lowest BCUT2D eigenvalue weighted by Crippen LogP contribution is -2.36. The van der Waals surface area contributed by atoms with Crippen molar-refractivity contribution < 1.29 is 13.9 Å². The Kier molecular flexibility index (Phi) is 4.35. The van der Waals surface area contributed by atoms with E-state index in [1.807, 2.05) is 0 Å². The number of hydrogen-bond donors (Lipinski definition) is 0. The van der Waals surface area contributed by atoms with Crippen LogP contribution < -0.4 is 0 Å². The fourth-order valence-corrected chi connectivity index (χ4v) is 2.38. The molecule has 0 heterocycles. The van der Waals surface area contributed by atoms with Gasteiger partial charge in [0.15, 0.2) is 0 Å². The molecule has 0 atom stereocenters. The molecule has 1 aromatic carbocycles. The maximum atomic E-state index is 13.8. The summed E-state index contributed by atoms with van der Waals surface area (Å²) in [6, 6.07) is 4.79. The van der Waals surface area contributed by atoms with Gasteiger partial charge in [0.05, 0.1) is 12.2 Å². The maximum absolute atomic E-state index is 13.8. The molecule has 2 rings (SSSR count). The average Bonchev–Trinajstić information content (AvgIpc) is 3.14. The Morgan fingerprint density at radius 3 is 2.83 bits per heavy atom. The van der Waals surface area contributed by atoms with Gasteiger partial charge in [-0.3, -0.25) is 4.79 Å². The Hall–Kier alpha value is -0.940. The molecular formula is C13H15BrFNO2. The number of amides is 1. The van der Waals surface area contributed by atoms with Gasteiger partial charge < -0.3 is 9.64 Å². The normalized spacial score (nSPS) is 14.6. The van der Waals surface area contributed by atoms with Gasteiger partial charge in [-0.25, -0.2) is 4.39 Å². The zero-order valence-electron chi connectivity index (χ0n) is 10.2. The van der Waals surface area contributed by atoms with Crippen molar-refractivity contribution in [2.75, 3.05) is 20.3 Å². The van der Waals surface area contributed by atoms with Crippen LogP contribution in [0.3, 0.4) is 0 Å². The van der Waals surface area contributed by atoms with Crippen molar-refractivity contribution in [1.29, 1.82) is 0 Å². The molecule has 98 valence electrons. The number of rotatable bonds is 5. The van der Waals surface area contributed by atoms with Crippen LogP contribution in [0.2, 0.25) is 0 Å².